The molecule has 4 unspecified atom stereocenters. The minimum atomic E-state index is -0.853. The zero-order valence-electron chi connectivity index (χ0n) is 9.82. The Morgan fingerprint density at radius 3 is 2.71 bits per heavy atom. The molecule has 0 bridgehead atoms. The average Bonchev–Trinajstić information content (AvgIpc) is 2.33. The second-order valence-electron chi connectivity index (χ2n) is 4.36. The van der Waals surface area contributed by atoms with E-state index in [9.17, 15) is 10.2 Å². The van der Waals surface area contributed by atoms with Gasteiger partial charge >= 0.3 is 0 Å². The molecule has 1 fully saturated rings. The van der Waals surface area contributed by atoms with Crippen LogP contribution in [-0.4, -0.2) is 34.8 Å². The van der Waals surface area contributed by atoms with Crippen molar-refractivity contribution in [2.75, 3.05) is 0 Å². The third-order valence-corrected chi connectivity index (χ3v) is 2.97. The molecular weight excluding hydrogens is 220 g/mol. The molecule has 1 aromatic carbocycles. The maximum atomic E-state index is 9.87. The number of hydrogen-bond donors (Lipinski definition) is 2. The van der Waals surface area contributed by atoms with Gasteiger partial charge in [0.05, 0.1) is 18.8 Å². The fourth-order valence-corrected chi connectivity index (χ4v) is 1.97. The molecule has 4 heteroatoms. The highest BCUT2D eigenvalue weighted by Gasteiger charge is 2.35. The lowest BCUT2D eigenvalue weighted by molar-refractivity contribution is -0.238. The molecule has 0 saturated carbocycles. The van der Waals surface area contributed by atoms with Gasteiger partial charge in [0.1, 0.15) is 6.10 Å². The Bertz CT molecular complexity index is 341. The van der Waals surface area contributed by atoms with Crippen LogP contribution in [0.2, 0.25) is 0 Å². The number of benzene rings is 1. The van der Waals surface area contributed by atoms with E-state index in [4.69, 9.17) is 9.47 Å². The van der Waals surface area contributed by atoms with Gasteiger partial charge in [0.25, 0.3) is 0 Å². The summed E-state index contributed by atoms with van der Waals surface area (Å²) in [6.07, 6.45) is -2.03. The zero-order valence-corrected chi connectivity index (χ0v) is 9.82. The zero-order chi connectivity index (χ0) is 12.3. The molecule has 1 saturated heterocycles. The monoisotopic (exact) mass is 238 g/mol. The summed E-state index contributed by atoms with van der Waals surface area (Å²) in [5.41, 5.74) is 1.05. The van der Waals surface area contributed by atoms with E-state index in [0.717, 1.165) is 5.56 Å². The van der Waals surface area contributed by atoms with Gasteiger partial charge in [-0.1, -0.05) is 30.3 Å². The first-order chi connectivity index (χ1) is 8.16. The predicted octanol–water partition coefficient (Wildman–Crippen LogP) is 1.06. The van der Waals surface area contributed by atoms with E-state index in [1.807, 2.05) is 30.3 Å². The van der Waals surface area contributed by atoms with E-state index in [1.165, 1.54) is 0 Å². The predicted molar refractivity (Wildman–Crippen MR) is 62.2 cm³/mol. The highest BCUT2D eigenvalue weighted by atomic mass is 16.6. The summed E-state index contributed by atoms with van der Waals surface area (Å²) in [4.78, 5) is 0. The Morgan fingerprint density at radius 2 is 2.00 bits per heavy atom. The average molecular weight is 238 g/mol. The number of aliphatic hydroxyl groups is 2. The Morgan fingerprint density at radius 1 is 1.29 bits per heavy atom. The Kier molecular flexibility index (Phi) is 4.12. The van der Waals surface area contributed by atoms with E-state index in [1.54, 1.807) is 6.92 Å². The van der Waals surface area contributed by atoms with Crippen molar-refractivity contribution < 1.29 is 19.7 Å². The van der Waals surface area contributed by atoms with E-state index in [2.05, 4.69) is 0 Å². The van der Waals surface area contributed by atoms with Crippen LogP contribution in [0.1, 0.15) is 18.9 Å². The first-order valence-electron chi connectivity index (χ1n) is 5.84. The van der Waals surface area contributed by atoms with Gasteiger partial charge in [0.15, 0.2) is 6.29 Å². The number of rotatable bonds is 3. The lowest BCUT2D eigenvalue weighted by atomic mass is 10.0. The van der Waals surface area contributed by atoms with Crippen LogP contribution >= 0.6 is 0 Å². The van der Waals surface area contributed by atoms with Gasteiger partial charge in [-0.15, -0.1) is 0 Å². The van der Waals surface area contributed by atoms with Gasteiger partial charge < -0.3 is 19.7 Å². The molecule has 2 rings (SSSR count). The summed E-state index contributed by atoms with van der Waals surface area (Å²) >= 11 is 0. The van der Waals surface area contributed by atoms with Gasteiger partial charge in [-0.05, 0) is 12.5 Å². The minimum absolute atomic E-state index is 0.304. The lowest BCUT2D eigenvalue weighted by Crippen LogP contribution is -2.47. The third kappa shape index (κ3) is 3.26. The molecule has 1 aliphatic heterocycles. The first kappa shape index (κ1) is 12.5. The number of aliphatic hydroxyl groups excluding tert-OH is 2. The summed E-state index contributed by atoms with van der Waals surface area (Å²) in [7, 11) is 0. The standard InChI is InChI=1S/C13H18O4/c1-9-13(15)11(7-12(14)17-9)16-8-10-5-3-2-4-6-10/h2-6,9,11-15H,7-8H2,1H3. The third-order valence-electron chi connectivity index (χ3n) is 2.97. The van der Waals surface area contributed by atoms with E-state index >= 15 is 0 Å². The fourth-order valence-electron chi connectivity index (χ4n) is 1.97. The van der Waals surface area contributed by atoms with Crippen LogP contribution in [0.5, 0.6) is 0 Å². The second kappa shape index (κ2) is 5.60. The quantitative estimate of drug-likeness (QED) is 0.826. The molecule has 17 heavy (non-hydrogen) atoms. The van der Waals surface area contributed by atoms with Crippen molar-refractivity contribution in [1.82, 2.24) is 0 Å². The molecule has 0 amide bonds. The number of hydrogen-bond acceptors (Lipinski definition) is 4. The summed E-state index contributed by atoms with van der Waals surface area (Å²) < 4.78 is 10.7. The maximum absolute atomic E-state index is 9.87. The maximum Gasteiger partial charge on any atom is 0.157 e. The van der Waals surface area contributed by atoms with Gasteiger partial charge in [0, 0.05) is 6.42 Å². The van der Waals surface area contributed by atoms with Crippen LogP contribution < -0.4 is 0 Å². The van der Waals surface area contributed by atoms with Crippen LogP contribution in [0.25, 0.3) is 0 Å². The molecule has 4 atom stereocenters. The van der Waals surface area contributed by atoms with Crippen molar-refractivity contribution in [3.05, 3.63) is 35.9 Å². The first-order valence-corrected chi connectivity index (χ1v) is 5.84. The Labute approximate surface area is 101 Å². The summed E-state index contributed by atoms with van der Waals surface area (Å²) in [5, 5.41) is 19.3. The van der Waals surface area contributed by atoms with E-state index in [0.29, 0.717) is 13.0 Å². The van der Waals surface area contributed by atoms with E-state index < -0.39 is 18.5 Å². The molecule has 1 aromatic rings. The molecular formula is C13H18O4. The smallest absolute Gasteiger partial charge is 0.157 e. The van der Waals surface area contributed by atoms with Crippen molar-refractivity contribution in [3.63, 3.8) is 0 Å². The highest BCUT2D eigenvalue weighted by molar-refractivity contribution is 5.13. The van der Waals surface area contributed by atoms with Gasteiger partial charge in [-0.2, -0.15) is 0 Å². The Balaban J connectivity index is 1.89. The van der Waals surface area contributed by atoms with Crippen molar-refractivity contribution in [2.24, 2.45) is 0 Å². The topological polar surface area (TPSA) is 58.9 Å². The van der Waals surface area contributed by atoms with Crippen LogP contribution in [0.4, 0.5) is 0 Å². The molecule has 94 valence electrons. The van der Waals surface area contributed by atoms with Crippen LogP contribution in [0.15, 0.2) is 30.3 Å². The molecule has 1 heterocycles. The summed E-state index contributed by atoms with van der Waals surface area (Å²) in [5.74, 6) is 0. The molecule has 1 aliphatic rings. The van der Waals surface area contributed by atoms with Crippen molar-refractivity contribution in [3.8, 4) is 0 Å². The fraction of sp³-hybridized carbons (Fsp3) is 0.538. The van der Waals surface area contributed by atoms with Crippen molar-refractivity contribution in [2.45, 2.75) is 44.6 Å². The normalized spacial score (nSPS) is 33.6. The van der Waals surface area contributed by atoms with Crippen molar-refractivity contribution in [1.29, 1.82) is 0 Å². The van der Waals surface area contributed by atoms with Crippen LogP contribution in [-0.2, 0) is 16.1 Å². The molecule has 0 radical (unpaired) electrons. The Hall–Kier alpha value is -0.940. The van der Waals surface area contributed by atoms with E-state index in [-0.39, 0.29) is 6.10 Å². The second-order valence-corrected chi connectivity index (χ2v) is 4.36. The van der Waals surface area contributed by atoms with Crippen LogP contribution in [0, 0.1) is 0 Å². The molecule has 0 aliphatic carbocycles. The van der Waals surface area contributed by atoms with Crippen LogP contribution in [0.3, 0.4) is 0 Å². The SMILES string of the molecule is CC1OC(O)CC(OCc2ccccc2)C1O. The summed E-state index contributed by atoms with van der Waals surface area (Å²) in [6.45, 7) is 2.16. The van der Waals surface area contributed by atoms with Gasteiger partial charge in [0.2, 0.25) is 0 Å². The molecule has 0 aromatic heterocycles. The van der Waals surface area contributed by atoms with Gasteiger partial charge in [-0.3, -0.25) is 0 Å². The number of ether oxygens (including phenoxy) is 2. The minimum Gasteiger partial charge on any atom is -0.388 e. The summed E-state index contributed by atoms with van der Waals surface area (Å²) in [6, 6.07) is 9.75. The van der Waals surface area contributed by atoms with Gasteiger partial charge in [-0.25, -0.2) is 0 Å². The van der Waals surface area contributed by atoms with Crippen molar-refractivity contribution >= 4 is 0 Å². The molecule has 2 N–H and O–H groups in total. The lowest BCUT2D eigenvalue weighted by Gasteiger charge is -2.35. The molecule has 4 nitrogen and oxygen atoms in total. The molecule has 0 spiro atoms. The largest absolute Gasteiger partial charge is 0.388 e. The highest BCUT2D eigenvalue weighted by Crippen LogP contribution is 2.22.